The Hall–Kier alpha value is -0.570. The first-order chi connectivity index (χ1) is 5.72. The molecule has 3 nitrogen and oxygen atoms in total. The molecular weight excluding hydrogens is 154 g/mol. The van der Waals surface area contributed by atoms with Crippen molar-refractivity contribution in [3.8, 4) is 0 Å². The topological polar surface area (TPSA) is 40.5 Å². The summed E-state index contributed by atoms with van der Waals surface area (Å²) >= 11 is 0. The highest BCUT2D eigenvalue weighted by Gasteiger charge is 2.23. The first-order valence-corrected chi connectivity index (χ1v) is 4.66. The van der Waals surface area contributed by atoms with Crippen LogP contribution < -0.4 is 0 Å². The average molecular weight is 171 g/mol. The lowest BCUT2D eigenvalue weighted by molar-refractivity contribution is -0.137. The molecule has 0 saturated carbocycles. The molecule has 1 fully saturated rings. The fourth-order valence-corrected chi connectivity index (χ4v) is 1.57. The predicted octanol–water partition coefficient (Wildman–Crippen LogP) is 1.19. The molecule has 0 atom stereocenters. The quantitative estimate of drug-likeness (QED) is 0.675. The van der Waals surface area contributed by atoms with Crippen LogP contribution in [0.2, 0.25) is 0 Å². The van der Waals surface area contributed by atoms with Crippen LogP contribution >= 0.6 is 0 Å². The summed E-state index contributed by atoms with van der Waals surface area (Å²) in [5.41, 5.74) is 0. The zero-order valence-corrected chi connectivity index (χ0v) is 7.62. The second-order valence-corrected chi connectivity index (χ2v) is 3.53. The number of nitrogens with zero attached hydrogens (tertiary/aromatic N) is 1. The molecule has 1 saturated heterocycles. The molecule has 0 aromatic carbocycles. The van der Waals surface area contributed by atoms with Gasteiger partial charge in [-0.3, -0.25) is 4.79 Å². The lowest BCUT2D eigenvalue weighted by Gasteiger charge is -2.38. The summed E-state index contributed by atoms with van der Waals surface area (Å²) in [6, 6.07) is 0. The van der Waals surface area contributed by atoms with E-state index in [1.54, 1.807) is 0 Å². The summed E-state index contributed by atoms with van der Waals surface area (Å²) in [6.07, 6.45) is 2.37. The zero-order valence-electron chi connectivity index (χ0n) is 7.62. The zero-order chi connectivity index (χ0) is 8.97. The van der Waals surface area contributed by atoms with E-state index >= 15 is 0 Å². The summed E-state index contributed by atoms with van der Waals surface area (Å²) in [5.74, 6) is 0.192. The molecule has 1 heterocycles. The molecule has 12 heavy (non-hydrogen) atoms. The van der Waals surface area contributed by atoms with Gasteiger partial charge in [-0.2, -0.15) is 0 Å². The van der Waals surface area contributed by atoms with Crippen molar-refractivity contribution in [3.05, 3.63) is 0 Å². The van der Waals surface area contributed by atoms with Gasteiger partial charge in [0, 0.05) is 19.5 Å². The molecule has 3 heteroatoms. The Balaban J connectivity index is 1.93. The van der Waals surface area contributed by atoms with Crippen molar-refractivity contribution < 1.29 is 9.90 Å². The van der Waals surface area contributed by atoms with Gasteiger partial charge in [-0.1, -0.05) is 13.3 Å². The number of aliphatic carboxylic acids is 1. The van der Waals surface area contributed by atoms with Gasteiger partial charge in [-0.05, 0) is 18.9 Å². The smallest absolute Gasteiger partial charge is 0.303 e. The van der Waals surface area contributed by atoms with E-state index in [9.17, 15) is 4.79 Å². The predicted molar refractivity (Wildman–Crippen MR) is 47.1 cm³/mol. The Bertz CT molecular complexity index is 153. The van der Waals surface area contributed by atoms with E-state index in [-0.39, 0.29) is 0 Å². The highest BCUT2D eigenvalue weighted by molar-refractivity contribution is 5.66. The van der Waals surface area contributed by atoms with Crippen LogP contribution in [-0.4, -0.2) is 35.6 Å². The van der Waals surface area contributed by atoms with Gasteiger partial charge < -0.3 is 10.0 Å². The lowest BCUT2D eigenvalue weighted by Crippen LogP contribution is -2.46. The molecule has 1 N–H and O–H groups in total. The van der Waals surface area contributed by atoms with E-state index in [2.05, 4.69) is 11.8 Å². The monoisotopic (exact) mass is 171 g/mol. The molecule has 0 spiro atoms. The summed E-state index contributed by atoms with van der Waals surface area (Å²) in [7, 11) is 0. The second kappa shape index (κ2) is 4.45. The van der Waals surface area contributed by atoms with Crippen LogP contribution in [0.3, 0.4) is 0 Å². The standard InChI is InChI=1S/C9H17NO2/c1-2-8-6-10(7-8)5-3-4-9(11)12/h8H,2-7H2,1H3,(H,11,12). The largest absolute Gasteiger partial charge is 0.481 e. The van der Waals surface area contributed by atoms with Crippen molar-refractivity contribution in [2.75, 3.05) is 19.6 Å². The van der Waals surface area contributed by atoms with Gasteiger partial charge in [0.25, 0.3) is 0 Å². The molecule has 1 aliphatic heterocycles. The first-order valence-electron chi connectivity index (χ1n) is 4.66. The van der Waals surface area contributed by atoms with Crippen molar-refractivity contribution in [1.82, 2.24) is 4.90 Å². The van der Waals surface area contributed by atoms with Crippen molar-refractivity contribution in [2.45, 2.75) is 26.2 Å². The molecular formula is C9H17NO2. The van der Waals surface area contributed by atoms with Crippen LogP contribution in [-0.2, 0) is 4.79 Å². The Labute approximate surface area is 73.4 Å². The first kappa shape index (κ1) is 9.52. The molecule has 1 rings (SSSR count). The number of carboxylic acid groups (broad SMARTS) is 1. The van der Waals surface area contributed by atoms with Crippen LogP contribution in [0.4, 0.5) is 0 Å². The summed E-state index contributed by atoms with van der Waals surface area (Å²) in [5, 5.41) is 8.40. The van der Waals surface area contributed by atoms with Crippen LogP contribution in [0.25, 0.3) is 0 Å². The second-order valence-electron chi connectivity index (χ2n) is 3.53. The SMILES string of the molecule is CCC1CN(CCCC(=O)O)C1. The third kappa shape index (κ3) is 2.81. The maximum Gasteiger partial charge on any atom is 0.303 e. The number of carbonyl (C=O) groups is 1. The third-order valence-corrected chi connectivity index (χ3v) is 2.48. The highest BCUT2D eigenvalue weighted by atomic mass is 16.4. The molecule has 0 radical (unpaired) electrons. The molecule has 0 unspecified atom stereocenters. The number of rotatable bonds is 5. The molecule has 1 aliphatic rings. The van der Waals surface area contributed by atoms with Crippen LogP contribution in [0.5, 0.6) is 0 Å². The highest BCUT2D eigenvalue weighted by Crippen LogP contribution is 2.18. The Morgan fingerprint density at radius 2 is 2.25 bits per heavy atom. The van der Waals surface area contributed by atoms with E-state index in [1.807, 2.05) is 0 Å². The summed E-state index contributed by atoms with van der Waals surface area (Å²) in [6.45, 7) is 5.52. The fraction of sp³-hybridized carbons (Fsp3) is 0.889. The number of hydrogen-bond donors (Lipinski definition) is 1. The van der Waals surface area contributed by atoms with Crippen LogP contribution in [0, 0.1) is 5.92 Å². The summed E-state index contributed by atoms with van der Waals surface area (Å²) in [4.78, 5) is 12.5. The normalized spacial score (nSPS) is 19.1. The summed E-state index contributed by atoms with van der Waals surface area (Å²) < 4.78 is 0. The van der Waals surface area contributed by atoms with E-state index in [0.29, 0.717) is 6.42 Å². The van der Waals surface area contributed by atoms with Gasteiger partial charge in [0.05, 0.1) is 0 Å². The van der Waals surface area contributed by atoms with Crippen molar-refractivity contribution >= 4 is 5.97 Å². The Morgan fingerprint density at radius 3 is 2.75 bits per heavy atom. The average Bonchev–Trinajstić information content (AvgIpc) is 1.93. The van der Waals surface area contributed by atoms with Gasteiger partial charge >= 0.3 is 5.97 Å². The number of carboxylic acids is 1. The van der Waals surface area contributed by atoms with Crippen LogP contribution in [0.1, 0.15) is 26.2 Å². The number of likely N-dealkylation sites (tertiary alicyclic amines) is 1. The number of hydrogen-bond acceptors (Lipinski definition) is 2. The van der Waals surface area contributed by atoms with Gasteiger partial charge in [-0.15, -0.1) is 0 Å². The maximum absolute atomic E-state index is 10.2. The van der Waals surface area contributed by atoms with Crippen molar-refractivity contribution in [1.29, 1.82) is 0 Å². The van der Waals surface area contributed by atoms with E-state index < -0.39 is 5.97 Å². The van der Waals surface area contributed by atoms with E-state index in [1.165, 1.54) is 19.5 Å². The van der Waals surface area contributed by atoms with Crippen LogP contribution in [0.15, 0.2) is 0 Å². The minimum absolute atomic E-state index is 0.313. The molecule has 0 amide bonds. The fourth-order valence-electron chi connectivity index (χ4n) is 1.57. The van der Waals surface area contributed by atoms with Gasteiger partial charge in [0.1, 0.15) is 0 Å². The minimum atomic E-state index is -0.678. The molecule has 0 aliphatic carbocycles. The Kier molecular flexibility index (Phi) is 3.53. The van der Waals surface area contributed by atoms with Gasteiger partial charge in [-0.25, -0.2) is 0 Å². The van der Waals surface area contributed by atoms with Crippen molar-refractivity contribution in [2.24, 2.45) is 5.92 Å². The van der Waals surface area contributed by atoms with Crippen molar-refractivity contribution in [3.63, 3.8) is 0 Å². The Morgan fingerprint density at radius 1 is 1.58 bits per heavy atom. The van der Waals surface area contributed by atoms with E-state index in [0.717, 1.165) is 18.9 Å². The molecule has 0 aromatic heterocycles. The van der Waals surface area contributed by atoms with Gasteiger partial charge in [0.2, 0.25) is 0 Å². The lowest BCUT2D eigenvalue weighted by atomic mass is 9.97. The molecule has 0 bridgehead atoms. The maximum atomic E-state index is 10.2. The van der Waals surface area contributed by atoms with E-state index in [4.69, 9.17) is 5.11 Å². The third-order valence-electron chi connectivity index (χ3n) is 2.48. The molecule has 0 aromatic rings. The minimum Gasteiger partial charge on any atom is -0.481 e. The van der Waals surface area contributed by atoms with Gasteiger partial charge in [0.15, 0.2) is 0 Å². The molecule has 70 valence electrons.